The van der Waals surface area contributed by atoms with E-state index in [0.29, 0.717) is 5.56 Å². The number of thiophene rings is 1. The number of hydrogen-bond acceptors (Lipinski definition) is 6. The second-order valence-electron chi connectivity index (χ2n) is 5.81. The molecule has 7 nitrogen and oxygen atoms in total. The second-order valence-corrected chi connectivity index (χ2v) is 8.32. The van der Waals surface area contributed by atoms with E-state index in [1.165, 1.54) is 29.5 Å². The van der Waals surface area contributed by atoms with Gasteiger partial charge in [-0.3, -0.25) is 4.79 Å². The fourth-order valence-electron chi connectivity index (χ4n) is 2.20. The highest BCUT2D eigenvalue weighted by Crippen LogP contribution is 2.17. The van der Waals surface area contributed by atoms with E-state index >= 15 is 0 Å². The normalized spacial score (nSPS) is 12.7. The number of primary sulfonamides is 1. The second kappa shape index (κ2) is 8.94. The Morgan fingerprint density at radius 1 is 1.26 bits per heavy atom. The third kappa shape index (κ3) is 6.31. The number of aryl methyl sites for hydroxylation is 1. The molecule has 0 saturated heterocycles. The lowest BCUT2D eigenvalue weighted by molar-refractivity contribution is -0.144. The first kappa shape index (κ1) is 20.8. The van der Waals surface area contributed by atoms with Gasteiger partial charge < -0.3 is 10.1 Å². The Bertz CT molecular complexity index is 946. The predicted octanol–water partition coefficient (Wildman–Crippen LogP) is 2.14. The fourth-order valence-corrected chi connectivity index (χ4v) is 3.53. The van der Waals surface area contributed by atoms with Crippen molar-refractivity contribution in [3.63, 3.8) is 0 Å². The number of sulfonamides is 1. The van der Waals surface area contributed by atoms with Gasteiger partial charge in [0.15, 0.2) is 6.61 Å². The molecule has 0 bridgehead atoms. The van der Waals surface area contributed by atoms with Crippen LogP contribution >= 0.6 is 11.3 Å². The SMILES string of the molecule is Cc1ccsc1/C=C/C(=O)OCC(=O)N[C@@H](C)c1ccc(S(N)(=O)=O)cc1. The van der Waals surface area contributed by atoms with Crippen LogP contribution in [0.4, 0.5) is 0 Å². The molecule has 9 heteroatoms. The van der Waals surface area contributed by atoms with Gasteiger partial charge in [-0.15, -0.1) is 11.3 Å². The largest absolute Gasteiger partial charge is 0.452 e. The minimum Gasteiger partial charge on any atom is -0.452 e. The van der Waals surface area contributed by atoms with Gasteiger partial charge in [-0.2, -0.15) is 0 Å². The fraction of sp³-hybridized carbons (Fsp3) is 0.222. The maximum Gasteiger partial charge on any atom is 0.331 e. The van der Waals surface area contributed by atoms with E-state index in [4.69, 9.17) is 9.88 Å². The molecule has 144 valence electrons. The first-order valence-corrected chi connectivity index (χ1v) is 10.4. The number of esters is 1. The third-order valence-corrected chi connectivity index (χ3v) is 5.62. The maximum atomic E-state index is 11.9. The topological polar surface area (TPSA) is 116 Å². The summed E-state index contributed by atoms with van der Waals surface area (Å²) in [4.78, 5) is 24.6. The zero-order valence-corrected chi connectivity index (χ0v) is 16.5. The van der Waals surface area contributed by atoms with E-state index in [9.17, 15) is 18.0 Å². The molecular weight excluding hydrogens is 388 g/mol. The Kier molecular flexibility index (Phi) is 6.89. The molecule has 2 aromatic rings. The van der Waals surface area contributed by atoms with Crippen LogP contribution in [0.3, 0.4) is 0 Å². The Morgan fingerprint density at radius 3 is 2.48 bits per heavy atom. The zero-order chi connectivity index (χ0) is 20.0. The van der Waals surface area contributed by atoms with Crippen molar-refractivity contribution in [1.82, 2.24) is 5.32 Å². The summed E-state index contributed by atoms with van der Waals surface area (Å²) in [6.45, 7) is 3.25. The van der Waals surface area contributed by atoms with Gasteiger partial charge in [-0.25, -0.2) is 18.4 Å². The van der Waals surface area contributed by atoms with Crippen molar-refractivity contribution in [2.75, 3.05) is 6.61 Å². The minimum atomic E-state index is -3.76. The summed E-state index contributed by atoms with van der Waals surface area (Å²) >= 11 is 1.51. The number of carbonyl (C=O) groups is 2. The molecule has 0 saturated carbocycles. The van der Waals surface area contributed by atoms with E-state index in [0.717, 1.165) is 10.4 Å². The van der Waals surface area contributed by atoms with Crippen molar-refractivity contribution in [2.24, 2.45) is 5.14 Å². The average Bonchev–Trinajstić information content (AvgIpc) is 3.02. The monoisotopic (exact) mass is 408 g/mol. The summed E-state index contributed by atoms with van der Waals surface area (Å²) < 4.78 is 27.4. The predicted molar refractivity (Wildman–Crippen MR) is 103 cm³/mol. The van der Waals surface area contributed by atoms with E-state index in [2.05, 4.69) is 5.32 Å². The first-order valence-electron chi connectivity index (χ1n) is 7.98. The number of amides is 1. The summed E-state index contributed by atoms with van der Waals surface area (Å²) in [7, 11) is -3.76. The van der Waals surface area contributed by atoms with Crippen molar-refractivity contribution in [3.05, 3.63) is 57.8 Å². The number of hydrogen-bond donors (Lipinski definition) is 2. The molecule has 0 unspecified atom stereocenters. The van der Waals surface area contributed by atoms with Crippen molar-refractivity contribution >= 4 is 39.3 Å². The van der Waals surface area contributed by atoms with Crippen LogP contribution in [-0.2, 0) is 24.3 Å². The van der Waals surface area contributed by atoms with Crippen LogP contribution in [0, 0.1) is 6.92 Å². The number of benzene rings is 1. The Balaban J connectivity index is 1.83. The first-order chi connectivity index (χ1) is 12.7. The Morgan fingerprint density at radius 2 is 1.93 bits per heavy atom. The van der Waals surface area contributed by atoms with Crippen molar-refractivity contribution in [3.8, 4) is 0 Å². The number of nitrogens with one attached hydrogen (secondary N) is 1. The van der Waals surface area contributed by atoms with Gasteiger partial charge in [0.1, 0.15) is 0 Å². The van der Waals surface area contributed by atoms with Crippen LogP contribution in [0.15, 0.2) is 46.7 Å². The third-order valence-electron chi connectivity index (χ3n) is 3.70. The highest BCUT2D eigenvalue weighted by Gasteiger charge is 2.13. The zero-order valence-electron chi connectivity index (χ0n) is 14.8. The van der Waals surface area contributed by atoms with Crippen LogP contribution in [0.5, 0.6) is 0 Å². The molecule has 0 spiro atoms. The van der Waals surface area contributed by atoms with Gasteiger partial charge in [-0.1, -0.05) is 12.1 Å². The van der Waals surface area contributed by atoms with E-state index < -0.39 is 34.5 Å². The summed E-state index contributed by atoms with van der Waals surface area (Å²) in [5.41, 5.74) is 1.75. The van der Waals surface area contributed by atoms with Gasteiger partial charge in [-0.05, 0) is 54.6 Å². The molecule has 0 aliphatic carbocycles. The number of rotatable bonds is 7. The molecular formula is C18H20N2O5S2. The van der Waals surface area contributed by atoms with Crippen LogP contribution in [0.1, 0.15) is 29.0 Å². The number of carbonyl (C=O) groups excluding carboxylic acids is 2. The van der Waals surface area contributed by atoms with Crippen LogP contribution in [0.2, 0.25) is 0 Å². The van der Waals surface area contributed by atoms with Crippen LogP contribution in [-0.4, -0.2) is 26.9 Å². The Labute approximate surface area is 161 Å². The molecule has 0 aliphatic heterocycles. The number of ether oxygens (including phenoxy) is 1. The lowest BCUT2D eigenvalue weighted by atomic mass is 10.1. The van der Waals surface area contributed by atoms with E-state index in [1.807, 2.05) is 18.4 Å². The molecule has 3 N–H and O–H groups in total. The smallest absolute Gasteiger partial charge is 0.331 e. The van der Waals surface area contributed by atoms with E-state index in [1.54, 1.807) is 25.1 Å². The molecule has 2 rings (SSSR count). The van der Waals surface area contributed by atoms with Crippen molar-refractivity contribution < 1.29 is 22.7 Å². The molecule has 27 heavy (non-hydrogen) atoms. The molecule has 1 atom stereocenters. The number of nitrogens with two attached hydrogens (primary N) is 1. The molecule has 1 heterocycles. The molecule has 0 fully saturated rings. The minimum absolute atomic E-state index is 0.00790. The van der Waals surface area contributed by atoms with Crippen LogP contribution in [0.25, 0.3) is 6.08 Å². The summed E-state index contributed by atoms with van der Waals surface area (Å²) in [6.07, 6.45) is 2.93. The van der Waals surface area contributed by atoms with Crippen molar-refractivity contribution in [2.45, 2.75) is 24.8 Å². The summed E-state index contributed by atoms with van der Waals surface area (Å²) in [5.74, 6) is -1.07. The van der Waals surface area contributed by atoms with Gasteiger partial charge >= 0.3 is 5.97 Å². The van der Waals surface area contributed by atoms with Gasteiger partial charge in [0.25, 0.3) is 5.91 Å². The molecule has 1 aromatic heterocycles. The van der Waals surface area contributed by atoms with Gasteiger partial charge in [0.05, 0.1) is 10.9 Å². The van der Waals surface area contributed by atoms with Crippen molar-refractivity contribution in [1.29, 1.82) is 0 Å². The molecule has 1 amide bonds. The standard InChI is InChI=1S/C18H20N2O5S2/c1-12-9-10-26-16(12)7-8-18(22)25-11-17(21)20-13(2)14-3-5-15(6-4-14)27(19,23)24/h3-10,13H,11H2,1-2H3,(H,20,21)(H2,19,23,24)/b8-7+/t13-/m0/s1. The summed E-state index contributed by atoms with van der Waals surface area (Å²) in [6, 6.07) is 7.40. The van der Waals surface area contributed by atoms with Gasteiger partial charge in [0, 0.05) is 11.0 Å². The average molecular weight is 409 g/mol. The van der Waals surface area contributed by atoms with Crippen LogP contribution < -0.4 is 10.5 Å². The van der Waals surface area contributed by atoms with Gasteiger partial charge in [0.2, 0.25) is 10.0 Å². The molecule has 0 radical (unpaired) electrons. The highest BCUT2D eigenvalue weighted by molar-refractivity contribution is 7.89. The maximum absolute atomic E-state index is 11.9. The summed E-state index contributed by atoms with van der Waals surface area (Å²) in [5, 5.41) is 9.64. The van der Waals surface area contributed by atoms with E-state index in [-0.39, 0.29) is 4.90 Å². The quantitative estimate of drug-likeness (QED) is 0.538. The lowest BCUT2D eigenvalue weighted by Gasteiger charge is -2.14. The highest BCUT2D eigenvalue weighted by atomic mass is 32.2. The Hall–Kier alpha value is -2.49. The lowest BCUT2D eigenvalue weighted by Crippen LogP contribution is -2.30. The molecule has 1 aromatic carbocycles. The molecule has 0 aliphatic rings.